The van der Waals surface area contributed by atoms with E-state index < -0.39 is 102 Å². The molecule has 0 bridgehead atoms. The van der Waals surface area contributed by atoms with Crippen molar-refractivity contribution in [1.29, 1.82) is 0 Å². The number of carbonyl (C=O) groups is 9. The van der Waals surface area contributed by atoms with Gasteiger partial charge in [0.15, 0.2) is 12.6 Å². The molecule has 7 atom stereocenters. The number of carbonyl (C=O) groups excluding carboxylic acids is 9. The second-order valence-electron chi connectivity index (χ2n) is 22.5. The number of amides is 7. The van der Waals surface area contributed by atoms with Crippen LogP contribution in [0.2, 0.25) is 0 Å². The highest BCUT2D eigenvalue weighted by atomic mass is 16.5. The molecule has 0 spiro atoms. The minimum atomic E-state index is -1.78. The first-order chi connectivity index (χ1) is 38.9. The summed E-state index contributed by atoms with van der Waals surface area (Å²) in [6.07, 6.45) is 4.03. The van der Waals surface area contributed by atoms with Gasteiger partial charge in [-0.05, 0) is 86.4 Å². The first-order valence-corrected chi connectivity index (χ1v) is 28.2. The van der Waals surface area contributed by atoms with Crippen molar-refractivity contribution in [1.82, 2.24) is 45.4 Å². The van der Waals surface area contributed by atoms with E-state index in [-0.39, 0.29) is 44.2 Å². The van der Waals surface area contributed by atoms with Gasteiger partial charge in [-0.25, -0.2) is 9.78 Å². The molecule has 2 aliphatic rings. The normalized spacial score (nSPS) is 16.6. The number of anilines is 1. The number of likely N-dealkylation sites (N-methyl/N-ethyl adjacent to an activating group) is 5. The van der Waals surface area contributed by atoms with E-state index >= 15 is 9.59 Å². The maximum atomic E-state index is 15.4. The Labute approximate surface area is 482 Å². The number of hydrogen-bond donors (Lipinski definition) is 4. The van der Waals surface area contributed by atoms with E-state index in [4.69, 9.17) is 9.47 Å². The van der Waals surface area contributed by atoms with Crippen LogP contribution in [-0.2, 0) is 65.5 Å². The Morgan fingerprint density at radius 3 is 2.11 bits per heavy atom. The first kappa shape index (κ1) is 65.5. The van der Waals surface area contributed by atoms with Crippen LogP contribution in [0.25, 0.3) is 11.1 Å². The van der Waals surface area contributed by atoms with Crippen molar-refractivity contribution in [2.75, 3.05) is 92.7 Å². The SMILES string of the molecule is CCC(C)C(NC(=O)C1CCCN1C(=O)C(Cc1cccc(-c2ccnc(N3CCOCC3)c2)c1)N(C)C(=O)C(Cc1ccccc1)NC(=O)CN(C)C(=O)COC(=O)C(N(C)C(=O)C(CC(C)C)NC)C(C)(C)O)C(=O)N(C)CC=O. The molecule has 0 radical (unpaired) electrons. The van der Waals surface area contributed by atoms with Crippen molar-refractivity contribution in [3.8, 4) is 11.1 Å². The molecule has 2 saturated heterocycles. The molecule has 22 nitrogen and oxygen atoms in total. The monoisotopic (exact) mass is 1140 g/mol. The number of aliphatic hydroxyl groups is 1. The van der Waals surface area contributed by atoms with E-state index in [0.717, 1.165) is 26.7 Å². The van der Waals surface area contributed by atoms with Crippen LogP contribution in [0.4, 0.5) is 5.82 Å². The highest BCUT2D eigenvalue weighted by Gasteiger charge is 2.44. The van der Waals surface area contributed by atoms with Gasteiger partial charge in [-0.1, -0.05) is 88.7 Å². The number of nitrogens with zero attached hydrogens (tertiary/aromatic N) is 7. The van der Waals surface area contributed by atoms with E-state index in [0.29, 0.717) is 63.0 Å². The molecule has 3 aromatic rings. The van der Waals surface area contributed by atoms with Crippen molar-refractivity contribution in [3.05, 3.63) is 84.1 Å². The quantitative estimate of drug-likeness (QED) is 0.0600. The summed E-state index contributed by atoms with van der Waals surface area (Å²) in [6, 6.07) is 13.7. The lowest BCUT2D eigenvalue weighted by Gasteiger charge is -2.36. The van der Waals surface area contributed by atoms with Crippen LogP contribution in [0.5, 0.6) is 0 Å². The van der Waals surface area contributed by atoms with E-state index in [1.165, 1.54) is 56.7 Å². The number of rotatable bonds is 28. The highest BCUT2D eigenvalue weighted by molar-refractivity contribution is 5.97. The maximum absolute atomic E-state index is 15.4. The number of nitrogens with one attached hydrogen (secondary N) is 3. The van der Waals surface area contributed by atoms with Crippen molar-refractivity contribution in [3.63, 3.8) is 0 Å². The zero-order valence-corrected chi connectivity index (χ0v) is 49.6. The highest BCUT2D eigenvalue weighted by Crippen LogP contribution is 2.28. The standard InChI is InChI=1S/C60H86N10O12/c1-12-40(4)52(58(78)65(8)26-29-71)64-54(74)47-22-17-25-70(47)57(77)48(35-42-20-16-21-43(33-42)44-23-24-62-49(36-44)69-27-30-81-31-28-69)67(10)56(76)46(34-41-18-14-13-15-19-41)63-50(72)37-66(9)51(73)38-82-59(79)53(60(5,6)80)68(11)55(75)45(61-7)32-39(2)3/h13-16,18-21,23-24,29,33,36,39-40,45-48,52-53,61,80H,12,17,22,25-28,30-32,34-35,37-38H2,1-11H3,(H,63,72)(H,64,74). The van der Waals surface area contributed by atoms with Crippen LogP contribution in [0, 0.1) is 11.8 Å². The van der Waals surface area contributed by atoms with Crippen molar-refractivity contribution >= 4 is 59.4 Å². The van der Waals surface area contributed by atoms with Crippen LogP contribution in [0.1, 0.15) is 78.4 Å². The second-order valence-corrected chi connectivity index (χ2v) is 22.5. The largest absolute Gasteiger partial charge is 0.454 e. The minimum Gasteiger partial charge on any atom is -0.454 e. The summed E-state index contributed by atoms with van der Waals surface area (Å²) >= 11 is 0. The van der Waals surface area contributed by atoms with Crippen molar-refractivity contribution in [2.24, 2.45) is 11.8 Å². The number of morpholine rings is 1. The second kappa shape index (κ2) is 30.7. The third-order valence-corrected chi connectivity index (χ3v) is 15.3. The summed E-state index contributed by atoms with van der Waals surface area (Å²) in [5.41, 5.74) is 1.28. The third kappa shape index (κ3) is 17.8. The Hall–Kier alpha value is -7.30. The van der Waals surface area contributed by atoms with E-state index in [1.54, 1.807) is 43.6 Å². The lowest BCUT2D eigenvalue weighted by molar-refractivity contribution is -0.167. The molecule has 7 amide bonds. The number of aromatic nitrogens is 1. The van der Waals surface area contributed by atoms with Gasteiger partial charge in [0, 0.05) is 66.9 Å². The van der Waals surface area contributed by atoms with Gasteiger partial charge in [0.1, 0.15) is 36.3 Å². The van der Waals surface area contributed by atoms with Gasteiger partial charge >= 0.3 is 5.97 Å². The smallest absolute Gasteiger partial charge is 0.332 e. The molecule has 0 saturated carbocycles. The Bertz CT molecular complexity index is 2680. The summed E-state index contributed by atoms with van der Waals surface area (Å²) in [5, 5.41) is 19.7. The predicted octanol–water partition coefficient (Wildman–Crippen LogP) is 2.10. The summed E-state index contributed by atoms with van der Waals surface area (Å²) in [5.74, 6) is -4.61. The Morgan fingerprint density at radius 1 is 0.817 bits per heavy atom. The molecule has 22 heteroatoms. The maximum Gasteiger partial charge on any atom is 0.332 e. The average Bonchev–Trinajstić information content (AvgIpc) is 4.08. The Balaban J connectivity index is 1.43. The Kier molecular flexibility index (Phi) is 24.5. The molecule has 5 rings (SSSR count). The number of pyridine rings is 1. The number of ether oxygens (including phenoxy) is 2. The molecule has 82 heavy (non-hydrogen) atoms. The summed E-state index contributed by atoms with van der Waals surface area (Å²) in [6.45, 7) is 11.4. The van der Waals surface area contributed by atoms with Gasteiger partial charge in [-0.3, -0.25) is 33.6 Å². The molecular formula is C60H86N10O12. The number of esters is 1. The molecular weight excluding hydrogens is 1050 g/mol. The Morgan fingerprint density at radius 2 is 1.48 bits per heavy atom. The van der Waals surface area contributed by atoms with Crippen LogP contribution >= 0.6 is 0 Å². The first-order valence-electron chi connectivity index (χ1n) is 28.2. The zero-order valence-electron chi connectivity index (χ0n) is 49.6. The molecule has 2 aliphatic heterocycles. The van der Waals surface area contributed by atoms with Gasteiger partial charge in [-0.15, -0.1) is 0 Å². The van der Waals surface area contributed by atoms with Gasteiger partial charge in [0.05, 0.1) is 37.9 Å². The van der Waals surface area contributed by atoms with Crippen molar-refractivity contribution < 1.29 is 57.7 Å². The van der Waals surface area contributed by atoms with Crippen LogP contribution in [0.15, 0.2) is 72.9 Å². The molecule has 7 unspecified atom stereocenters. The minimum absolute atomic E-state index is 0.0140. The number of benzene rings is 2. The molecule has 4 N–H and O–H groups in total. The number of hydrogen-bond acceptors (Lipinski definition) is 15. The van der Waals surface area contributed by atoms with Crippen LogP contribution < -0.4 is 20.9 Å². The number of likely N-dealkylation sites (tertiary alicyclic amines) is 1. The molecule has 2 aromatic carbocycles. The molecule has 0 aliphatic carbocycles. The lowest BCUT2D eigenvalue weighted by atomic mass is 9.95. The van der Waals surface area contributed by atoms with E-state index in [9.17, 15) is 38.7 Å². The zero-order chi connectivity index (χ0) is 60.4. The topological polar surface area (TPSA) is 261 Å². The summed E-state index contributed by atoms with van der Waals surface area (Å²) in [7, 11) is 7.26. The number of aldehydes is 1. The fourth-order valence-electron chi connectivity index (χ4n) is 10.3. The van der Waals surface area contributed by atoms with Crippen LogP contribution in [0.3, 0.4) is 0 Å². The molecule has 2 fully saturated rings. The molecule has 3 heterocycles. The average molecular weight is 1140 g/mol. The third-order valence-electron chi connectivity index (χ3n) is 15.3. The lowest BCUT2D eigenvalue weighted by Crippen LogP contribution is -2.60. The summed E-state index contributed by atoms with van der Waals surface area (Å²) in [4.78, 5) is 137. The van der Waals surface area contributed by atoms with Gasteiger partial charge < -0.3 is 64.7 Å². The van der Waals surface area contributed by atoms with Crippen LogP contribution in [-0.4, -0.2) is 218 Å². The van der Waals surface area contributed by atoms with E-state index in [1.807, 2.05) is 64.1 Å². The molecule has 448 valence electrons. The molecule has 1 aromatic heterocycles. The fourth-order valence-corrected chi connectivity index (χ4v) is 10.3. The summed E-state index contributed by atoms with van der Waals surface area (Å²) < 4.78 is 10.9. The van der Waals surface area contributed by atoms with Gasteiger partial charge in [-0.2, -0.15) is 0 Å². The fraction of sp³-hybridized carbons (Fsp3) is 0.567. The van der Waals surface area contributed by atoms with Crippen molar-refractivity contribution in [2.45, 2.75) is 122 Å². The predicted molar refractivity (Wildman–Crippen MR) is 309 cm³/mol. The van der Waals surface area contributed by atoms with E-state index in [2.05, 4.69) is 25.8 Å². The van der Waals surface area contributed by atoms with Gasteiger partial charge in [0.2, 0.25) is 35.4 Å². The van der Waals surface area contributed by atoms with Gasteiger partial charge in [0.25, 0.3) is 5.91 Å².